The van der Waals surface area contributed by atoms with Crippen LogP contribution in [0.5, 0.6) is 5.88 Å². The smallest absolute Gasteiger partial charge is 0.365 e. The zero-order chi connectivity index (χ0) is 19.3. The number of rotatable bonds is 5. The fourth-order valence-corrected chi connectivity index (χ4v) is 3.11. The van der Waals surface area contributed by atoms with Crippen LogP contribution in [0, 0.1) is 0 Å². The average molecular weight is 369 g/mol. The van der Waals surface area contributed by atoms with E-state index in [0.717, 1.165) is 11.1 Å². The van der Waals surface area contributed by atoms with Crippen molar-refractivity contribution in [2.24, 2.45) is 0 Å². The first-order valence-electron chi connectivity index (χ1n) is 9.09. The number of hydrogen-bond donors (Lipinski definition) is 0. The second kappa shape index (κ2) is 7.88. The molecule has 1 heterocycles. The van der Waals surface area contributed by atoms with Crippen molar-refractivity contribution in [3.05, 3.63) is 118 Å². The zero-order valence-corrected chi connectivity index (χ0v) is 15.2. The van der Waals surface area contributed by atoms with Gasteiger partial charge in [0.15, 0.2) is 5.69 Å². The van der Waals surface area contributed by atoms with E-state index in [4.69, 9.17) is 0 Å². The van der Waals surface area contributed by atoms with Crippen molar-refractivity contribution in [2.45, 2.75) is 13.0 Å². The molecule has 0 radical (unpaired) electrons. The third kappa shape index (κ3) is 3.69. The molecule has 28 heavy (non-hydrogen) atoms. The average Bonchev–Trinajstić information content (AvgIpc) is 2.75. The summed E-state index contributed by atoms with van der Waals surface area (Å²) in [5.74, 6) is -0.357. The second-order valence-electron chi connectivity index (χ2n) is 6.53. The minimum Gasteiger partial charge on any atom is -0.840 e. The predicted octanol–water partition coefficient (Wildman–Crippen LogP) is 2.23. The fourth-order valence-electron chi connectivity index (χ4n) is 3.11. The van der Waals surface area contributed by atoms with Gasteiger partial charge in [0.2, 0.25) is 0 Å². The molecule has 0 aliphatic rings. The quantitative estimate of drug-likeness (QED) is 0.507. The van der Waals surface area contributed by atoms with Crippen molar-refractivity contribution >= 4 is 0 Å². The molecule has 3 aromatic carbocycles. The molecule has 4 aromatic rings. The largest absolute Gasteiger partial charge is 0.840 e. The first-order chi connectivity index (χ1) is 13.7. The number of nitrogens with zero attached hydrogens (tertiary/aromatic N) is 3. The van der Waals surface area contributed by atoms with Gasteiger partial charge in [0.1, 0.15) is 6.54 Å². The maximum atomic E-state index is 13.1. The van der Waals surface area contributed by atoms with Gasteiger partial charge in [0, 0.05) is 6.42 Å². The summed E-state index contributed by atoms with van der Waals surface area (Å²) in [7, 11) is 0. The van der Waals surface area contributed by atoms with Crippen molar-refractivity contribution in [2.75, 3.05) is 0 Å². The lowest BCUT2D eigenvalue weighted by molar-refractivity contribution is -0.785. The number of hydrogen-bond acceptors (Lipinski definition) is 3. The molecule has 4 rings (SSSR count). The summed E-state index contributed by atoms with van der Waals surface area (Å²) in [6.07, 6.45) is 0.267. The van der Waals surface area contributed by atoms with Crippen molar-refractivity contribution in [1.82, 2.24) is 9.90 Å². The zero-order valence-electron chi connectivity index (χ0n) is 15.2. The van der Waals surface area contributed by atoms with E-state index in [2.05, 4.69) is 5.21 Å². The molecule has 0 aliphatic carbocycles. The highest BCUT2D eigenvalue weighted by Crippen LogP contribution is 2.12. The molecule has 138 valence electrons. The van der Waals surface area contributed by atoms with Crippen molar-refractivity contribution in [1.29, 1.82) is 0 Å². The molecule has 1 aromatic heterocycles. The maximum Gasteiger partial charge on any atom is 0.365 e. The van der Waals surface area contributed by atoms with E-state index >= 15 is 0 Å². The molecule has 0 atom stereocenters. The molecule has 0 fully saturated rings. The van der Waals surface area contributed by atoms with E-state index in [1.165, 1.54) is 9.36 Å². The summed E-state index contributed by atoms with van der Waals surface area (Å²) in [5.41, 5.74) is 2.31. The van der Waals surface area contributed by atoms with Crippen LogP contribution in [0.15, 0.2) is 95.8 Å². The fraction of sp³-hybridized carbons (Fsp3) is 0.0870. The van der Waals surface area contributed by atoms with E-state index in [9.17, 15) is 9.90 Å². The van der Waals surface area contributed by atoms with Gasteiger partial charge in [-0.25, -0.2) is 4.79 Å². The summed E-state index contributed by atoms with van der Waals surface area (Å²) < 4.78 is 2.67. The first kappa shape index (κ1) is 17.7. The van der Waals surface area contributed by atoms with Gasteiger partial charge >= 0.3 is 5.56 Å². The SMILES string of the molecule is O=c1c(Cc2ccccc2)c([O-])[n+](Cc2ccccc2)nn1-c1ccccc1. The van der Waals surface area contributed by atoms with Crippen LogP contribution >= 0.6 is 0 Å². The van der Waals surface area contributed by atoms with Gasteiger partial charge in [-0.1, -0.05) is 83.5 Å². The number of benzene rings is 3. The molecule has 0 unspecified atom stereocenters. The highest BCUT2D eigenvalue weighted by Gasteiger charge is 2.20. The highest BCUT2D eigenvalue weighted by molar-refractivity contribution is 5.33. The third-order valence-electron chi connectivity index (χ3n) is 4.54. The Hall–Kier alpha value is -3.73. The molecule has 5 heteroatoms. The normalized spacial score (nSPS) is 10.7. The monoisotopic (exact) mass is 369 g/mol. The van der Waals surface area contributed by atoms with Crippen LogP contribution in [0.3, 0.4) is 0 Å². The molecule has 0 saturated heterocycles. The Balaban J connectivity index is 1.86. The van der Waals surface area contributed by atoms with Crippen LogP contribution in [0.25, 0.3) is 5.69 Å². The van der Waals surface area contributed by atoms with Crippen LogP contribution in [0.2, 0.25) is 0 Å². The maximum absolute atomic E-state index is 13.1. The van der Waals surface area contributed by atoms with Gasteiger partial charge in [0.25, 0.3) is 0 Å². The van der Waals surface area contributed by atoms with E-state index in [1.54, 1.807) is 12.1 Å². The van der Waals surface area contributed by atoms with Gasteiger partial charge in [-0.3, -0.25) is 0 Å². The van der Waals surface area contributed by atoms with Crippen molar-refractivity contribution in [3.8, 4) is 11.6 Å². The van der Waals surface area contributed by atoms with Crippen molar-refractivity contribution < 1.29 is 9.79 Å². The molecular weight excluding hydrogens is 350 g/mol. The Morgan fingerprint density at radius 1 is 0.786 bits per heavy atom. The molecule has 0 saturated carbocycles. The predicted molar refractivity (Wildman–Crippen MR) is 104 cm³/mol. The summed E-state index contributed by atoms with van der Waals surface area (Å²) in [5, 5.41) is 17.4. The van der Waals surface area contributed by atoms with E-state index in [1.807, 2.05) is 78.9 Å². The van der Waals surface area contributed by atoms with E-state index < -0.39 is 0 Å². The Labute approximate surface area is 162 Å². The Kier molecular flexibility index (Phi) is 4.97. The van der Waals surface area contributed by atoms with E-state index in [0.29, 0.717) is 12.2 Å². The Morgan fingerprint density at radius 3 is 1.93 bits per heavy atom. The molecule has 0 N–H and O–H groups in total. The van der Waals surface area contributed by atoms with Crippen LogP contribution in [0.4, 0.5) is 0 Å². The minimum absolute atomic E-state index is 0.209. The van der Waals surface area contributed by atoms with Gasteiger partial charge in [-0.2, -0.15) is 0 Å². The molecule has 0 aliphatic heterocycles. The number of para-hydroxylation sites is 1. The molecular formula is C23H19N3O2. The standard InChI is InChI=1S/C23H19N3O2/c27-22-21(16-18-10-4-1-5-11-18)23(28)26(20-14-8-3-9-15-20)24-25(22)17-19-12-6-2-7-13-19/h1-15H,16-17H2. The second-order valence-corrected chi connectivity index (χ2v) is 6.53. The van der Waals surface area contributed by atoms with Gasteiger partial charge < -0.3 is 5.11 Å². The summed E-state index contributed by atoms with van der Waals surface area (Å²) in [4.78, 5) is 13.1. The van der Waals surface area contributed by atoms with Crippen molar-refractivity contribution in [3.63, 3.8) is 0 Å². The molecule has 0 amide bonds. The van der Waals surface area contributed by atoms with E-state index in [-0.39, 0.29) is 23.4 Å². The Bertz CT molecular complexity index is 1130. The Morgan fingerprint density at radius 2 is 1.32 bits per heavy atom. The van der Waals surface area contributed by atoms with Crippen LogP contribution in [-0.2, 0) is 13.0 Å². The lowest BCUT2D eigenvalue weighted by Gasteiger charge is -2.14. The lowest BCUT2D eigenvalue weighted by Crippen LogP contribution is -2.49. The topological polar surface area (TPSA) is 61.8 Å². The third-order valence-corrected chi connectivity index (χ3v) is 4.54. The minimum atomic E-state index is -0.385. The van der Waals surface area contributed by atoms with Crippen LogP contribution in [0.1, 0.15) is 16.7 Å². The molecule has 0 bridgehead atoms. The molecule has 0 spiro atoms. The van der Waals surface area contributed by atoms with Gasteiger partial charge in [0.05, 0.1) is 16.7 Å². The molecule has 5 nitrogen and oxygen atoms in total. The van der Waals surface area contributed by atoms with Gasteiger partial charge in [-0.15, -0.1) is 4.68 Å². The summed E-state index contributed by atoms with van der Waals surface area (Å²) in [6, 6.07) is 28.3. The number of aromatic nitrogens is 3. The first-order valence-corrected chi connectivity index (χ1v) is 9.09. The highest BCUT2D eigenvalue weighted by atomic mass is 16.3. The van der Waals surface area contributed by atoms with Crippen LogP contribution < -0.4 is 15.3 Å². The van der Waals surface area contributed by atoms with Gasteiger partial charge in [-0.05, 0) is 23.3 Å². The lowest BCUT2D eigenvalue weighted by atomic mass is 10.1. The van der Waals surface area contributed by atoms with Crippen LogP contribution in [-0.4, -0.2) is 9.90 Å². The summed E-state index contributed by atoms with van der Waals surface area (Å²) in [6.45, 7) is 0.300. The summed E-state index contributed by atoms with van der Waals surface area (Å²) >= 11 is 0.